The van der Waals surface area contributed by atoms with Crippen molar-refractivity contribution in [2.45, 2.75) is 32.5 Å². The smallest absolute Gasteiger partial charge is 0.153 e. The lowest BCUT2D eigenvalue weighted by Crippen LogP contribution is -2.31. The topological polar surface area (TPSA) is 77.8 Å². The Bertz CT molecular complexity index is 219. The maximum absolute atomic E-state index is 10.6. The molecule has 1 rings (SSSR count). The van der Waals surface area contributed by atoms with Gasteiger partial charge in [0.1, 0.15) is 0 Å². The van der Waals surface area contributed by atoms with Crippen molar-refractivity contribution in [3.05, 3.63) is 0 Å². The fourth-order valence-electron chi connectivity index (χ4n) is 2.18. The van der Waals surface area contributed by atoms with Gasteiger partial charge in [0.05, 0.1) is 18.0 Å². The van der Waals surface area contributed by atoms with Gasteiger partial charge in [0.15, 0.2) is 11.1 Å². The summed E-state index contributed by atoms with van der Waals surface area (Å²) >= 11 is -1.89. The molecule has 1 unspecified atom stereocenters. The second-order valence-corrected chi connectivity index (χ2v) is 5.35. The third-order valence-electron chi connectivity index (χ3n) is 3.06. The van der Waals surface area contributed by atoms with Crippen molar-refractivity contribution < 1.29 is 19.0 Å². The molecule has 0 saturated heterocycles. The Kier molecular flexibility index (Phi) is 4.06. The van der Waals surface area contributed by atoms with Crippen LogP contribution in [-0.2, 0) is 11.1 Å². The normalized spacial score (nSPS) is 40.4. The summed E-state index contributed by atoms with van der Waals surface area (Å²) < 4.78 is 19.3. The number of rotatable bonds is 3. The van der Waals surface area contributed by atoms with Crippen LogP contribution in [0.25, 0.3) is 0 Å². The second kappa shape index (κ2) is 4.70. The minimum absolute atomic E-state index is 0.0403. The highest BCUT2D eigenvalue weighted by Gasteiger charge is 2.42. The minimum Gasteiger partial charge on any atom is -0.390 e. The van der Waals surface area contributed by atoms with Crippen molar-refractivity contribution in [1.82, 2.24) is 0 Å². The third-order valence-corrected chi connectivity index (χ3v) is 3.77. The summed E-state index contributed by atoms with van der Waals surface area (Å²) in [5, 5.41) is 19.3. The van der Waals surface area contributed by atoms with Gasteiger partial charge in [-0.1, -0.05) is 13.8 Å². The van der Waals surface area contributed by atoms with E-state index in [4.69, 9.17) is 4.55 Å². The molecule has 0 heterocycles. The van der Waals surface area contributed by atoms with Gasteiger partial charge in [0.2, 0.25) is 0 Å². The predicted octanol–water partition coefficient (Wildman–Crippen LogP) is 0.222. The molecule has 0 bridgehead atoms. The van der Waals surface area contributed by atoms with Crippen LogP contribution in [0.1, 0.15) is 20.3 Å². The van der Waals surface area contributed by atoms with Gasteiger partial charge in [-0.15, -0.1) is 0 Å². The molecule has 4 nitrogen and oxygen atoms in total. The van der Waals surface area contributed by atoms with Gasteiger partial charge in [-0.2, -0.15) is 0 Å². The monoisotopic (exact) mass is 222 g/mol. The molecule has 14 heavy (non-hydrogen) atoms. The standard InChI is InChI=1S/C9H18O4S/c1-5(2)7-3-6(4-14(12)13)8(10)9(7)11/h5-11H,3-4H2,1-2H3,(H,12,13)/t6-,7+,8-,9+/m1/s1. The van der Waals surface area contributed by atoms with Crippen molar-refractivity contribution in [2.75, 3.05) is 5.75 Å². The molecule has 84 valence electrons. The first-order valence-corrected chi connectivity index (χ1v) is 6.14. The lowest BCUT2D eigenvalue weighted by atomic mass is 9.92. The molecular weight excluding hydrogens is 204 g/mol. The van der Waals surface area contributed by atoms with Crippen LogP contribution in [0.2, 0.25) is 0 Å². The van der Waals surface area contributed by atoms with Crippen molar-refractivity contribution in [3.63, 3.8) is 0 Å². The average Bonchev–Trinajstić information content (AvgIpc) is 2.32. The molecule has 0 amide bonds. The molecule has 1 saturated carbocycles. The number of hydrogen-bond donors (Lipinski definition) is 3. The SMILES string of the molecule is CC(C)[C@@H]1C[C@H](CS(=O)O)[C@@H](O)[C@H]1O. The number of hydrogen-bond acceptors (Lipinski definition) is 3. The van der Waals surface area contributed by atoms with Gasteiger partial charge < -0.3 is 14.8 Å². The molecule has 5 heteroatoms. The summed E-state index contributed by atoms with van der Waals surface area (Å²) in [4.78, 5) is 0. The first kappa shape index (κ1) is 12.1. The van der Waals surface area contributed by atoms with Crippen LogP contribution < -0.4 is 0 Å². The average molecular weight is 222 g/mol. The zero-order valence-corrected chi connectivity index (χ0v) is 9.28. The van der Waals surface area contributed by atoms with Crippen molar-refractivity contribution in [1.29, 1.82) is 0 Å². The van der Waals surface area contributed by atoms with Crippen LogP contribution in [0.5, 0.6) is 0 Å². The Labute approximate surface area is 86.6 Å². The maximum atomic E-state index is 10.6. The van der Waals surface area contributed by atoms with Gasteiger partial charge in [0, 0.05) is 5.92 Å². The van der Waals surface area contributed by atoms with E-state index in [1.807, 2.05) is 13.8 Å². The lowest BCUT2D eigenvalue weighted by molar-refractivity contribution is -0.000992. The highest BCUT2D eigenvalue weighted by Crippen LogP contribution is 2.36. The third kappa shape index (κ3) is 2.53. The molecule has 1 aliphatic carbocycles. The van der Waals surface area contributed by atoms with Crippen LogP contribution in [-0.4, -0.2) is 36.9 Å². The molecule has 0 aliphatic heterocycles. The molecule has 0 spiro atoms. The van der Waals surface area contributed by atoms with Crippen LogP contribution in [0, 0.1) is 17.8 Å². The van der Waals surface area contributed by atoms with E-state index in [-0.39, 0.29) is 23.5 Å². The summed E-state index contributed by atoms with van der Waals surface area (Å²) in [5.74, 6) is 0.139. The van der Waals surface area contributed by atoms with Crippen molar-refractivity contribution in [3.8, 4) is 0 Å². The zero-order chi connectivity index (χ0) is 10.9. The second-order valence-electron chi connectivity index (χ2n) is 4.37. The highest BCUT2D eigenvalue weighted by atomic mass is 32.2. The first-order valence-electron chi connectivity index (χ1n) is 4.87. The van der Waals surface area contributed by atoms with E-state index in [0.717, 1.165) is 0 Å². The highest BCUT2D eigenvalue weighted by molar-refractivity contribution is 7.79. The molecule has 3 N–H and O–H groups in total. The van der Waals surface area contributed by atoms with E-state index in [2.05, 4.69) is 0 Å². The molecule has 1 aliphatic rings. The number of aliphatic hydroxyl groups excluding tert-OH is 2. The molecular formula is C9H18O4S. The van der Waals surface area contributed by atoms with Gasteiger partial charge >= 0.3 is 0 Å². The summed E-state index contributed by atoms with van der Waals surface area (Å²) in [6, 6.07) is 0. The largest absolute Gasteiger partial charge is 0.390 e. The molecule has 0 aromatic carbocycles. The van der Waals surface area contributed by atoms with Gasteiger partial charge in [-0.05, 0) is 18.3 Å². The Morgan fingerprint density at radius 3 is 2.29 bits per heavy atom. The van der Waals surface area contributed by atoms with Crippen molar-refractivity contribution in [2.24, 2.45) is 17.8 Å². The van der Waals surface area contributed by atoms with E-state index in [1.54, 1.807) is 0 Å². The minimum atomic E-state index is -1.89. The molecule has 1 fully saturated rings. The molecule has 0 aromatic rings. The van der Waals surface area contributed by atoms with Crippen LogP contribution in [0.4, 0.5) is 0 Å². The molecule has 0 aromatic heterocycles. The van der Waals surface area contributed by atoms with Gasteiger partial charge in [0.25, 0.3) is 0 Å². The Morgan fingerprint density at radius 1 is 1.36 bits per heavy atom. The zero-order valence-electron chi connectivity index (χ0n) is 8.46. The Balaban J connectivity index is 2.62. The summed E-state index contributed by atoms with van der Waals surface area (Å²) in [7, 11) is 0. The Hall–Kier alpha value is 0.0300. The first-order chi connectivity index (χ1) is 6.43. The van der Waals surface area contributed by atoms with E-state index < -0.39 is 23.3 Å². The molecule has 5 atom stereocenters. The predicted molar refractivity (Wildman–Crippen MR) is 54.1 cm³/mol. The lowest BCUT2D eigenvalue weighted by Gasteiger charge is -2.19. The van der Waals surface area contributed by atoms with E-state index >= 15 is 0 Å². The van der Waals surface area contributed by atoms with Crippen LogP contribution >= 0.6 is 0 Å². The fraction of sp³-hybridized carbons (Fsp3) is 1.00. The summed E-state index contributed by atoms with van der Waals surface area (Å²) in [6.07, 6.45) is -0.964. The van der Waals surface area contributed by atoms with Crippen molar-refractivity contribution >= 4 is 11.1 Å². The maximum Gasteiger partial charge on any atom is 0.153 e. The van der Waals surface area contributed by atoms with E-state index in [1.165, 1.54) is 0 Å². The summed E-state index contributed by atoms with van der Waals surface area (Å²) in [6.45, 7) is 3.97. The van der Waals surface area contributed by atoms with Gasteiger partial charge in [-0.3, -0.25) is 0 Å². The van der Waals surface area contributed by atoms with Crippen LogP contribution in [0.3, 0.4) is 0 Å². The Morgan fingerprint density at radius 2 is 1.93 bits per heavy atom. The van der Waals surface area contributed by atoms with Gasteiger partial charge in [-0.25, -0.2) is 4.21 Å². The van der Waals surface area contributed by atoms with Crippen LogP contribution in [0.15, 0.2) is 0 Å². The molecule has 0 radical (unpaired) electrons. The quantitative estimate of drug-likeness (QED) is 0.597. The van der Waals surface area contributed by atoms with E-state index in [0.29, 0.717) is 6.42 Å². The number of aliphatic hydroxyl groups is 2. The summed E-state index contributed by atoms with van der Waals surface area (Å²) in [5.41, 5.74) is 0. The van der Waals surface area contributed by atoms with E-state index in [9.17, 15) is 14.4 Å². The fourth-order valence-corrected chi connectivity index (χ4v) is 2.88.